The van der Waals surface area contributed by atoms with Crippen LogP contribution >= 0.6 is 11.3 Å². The van der Waals surface area contributed by atoms with Gasteiger partial charge in [-0.3, -0.25) is 14.9 Å². The first-order valence-electron chi connectivity index (χ1n) is 11.2. The predicted molar refractivity (Wildman–Crippen MR) is 132 cm³/mol. The van der Waals surface area contributed by atoms with Gasteiger partial charge in [0.2, 0.25) is 5.91 Å². The number of hydrogen-bond donors (Lipinski definition) is 3. The first-order valence-corrected chi connectivity index (χ1v) is 12.0. The van der Waals surface area contributed by atoms with Crippen molar-refractivity contribution in [2.75, 3.05) is 70.0 Å². The normalized spacial score (nSPS) is 10.9. The number of rotatable bonds is 17. The van der Waals surface area contributed by atoms with Crippen LogP contribution in [0.25, 0.3) is 0 Å². The van der Waals surface area contributed by atoms with Gasteiger partial charge in [0.25, 0.3) is 5.91 Å². The van der Waals surface area contributed by atoms with Crippen molar-refractivity contribution in [3.63, 3.8) is 0 Å². The number of para-hydroxylation sites is 1. The molecule has 2 amide bonds. The maximum absolute atomic E-state index is 12.7. The number of amides is 2. The van der Waals surface area contributed by atoms with Gasteiger partial charge in [-0.2, -0.15) is 0 Å². The molecule has 2 aromatic rings. The van der Waals surface area contributed by atoms with Crippen LogP contribution in [0.2, 0.25) is 0 Å². The number of nitrogens with one attached hydrogen (secondary N) is 2. The summed E-state index contributed by atoms with van der Waals surface area (Å²) in [5.41, 5.74) is 7.00. The number of carbonyl (C=O) groups excluding carboxylic acids is 2. The fraction of sp³-hybridized carbons (Fsp3) is 0.522. The van der Waals surface area contributed by atoms with Crippen LogP contribution < -0.4 is 16.4 Å². The van der Waals surface area contributed by atoms with Gasteiger partial charge in [-0.15, -0.1) is 11.3 Å². The van der Waals surface area contributed by atoms with E-state index in [1.165, 1.54) is 11.3 Å². The SMILES string of the molecule is Cc1nc(NC(=O)c2ccccc2NC(=O)CCOCCOCCOCCOCCN)sc1C. The summed E-state index contributed by atoms with van der Waals surface area (Å²) >= 11 is 1.41. The van der Waals surface area contributed by atoms with Gasteiger partial charge in [0.15, 0.2) is 5.13 Å². The van der Waals surface area contributed by atoms with E-state index in [1.54, 1.807) is 24.3 Å². The molecule has 0 aliphatic rings. The van der Waals surface area contributed by atoms with Crippen LogP contribution in [-0.4, -0.2) is 76.2 Å². The predicted octanol–water partition coefficient (Wildman–Crippen LogP) is 2.37. The van der Waals surface area contributed by atoms with Crippen LogP contribution in [0.3, 0.4) is 0 Å². The minimum atomic E-state index is -0.329. The standard InChI is InChI=1S/C23H34N4O6S/c1-17-18(2)34-23(25-17)27-22(29)19-5-3-4-6-20(19)26-21(28)7-9-30-11-13-32-15-16-33-14-12-31-10-8-24/h3-6H,7-16,24H2,1-2H3,(H,26,28)(H,25,27,29). The lowest BCUT2D eigenvalue weighted by Crippen LogP contribution is -2.19. The Hall–Kier alpha value is -2.41. The van der Waals surface area contributed by atoms with Gasteiger partial charge in [-0.1, -0.05) is 12.1 Å². The molecule has 2 rings (SSSR count). The van der Waals surface area contributed by atoms with Gasteiger partial charge in [-0.05, 0) is 26.0 Å². The summed E-state index contributed by atoms with van der Waals surface area (Å²) < 4.78 is 21.4. The monoisotopic (exact) mass is 494 g/mol. The first-order chi connectivity index (χ1) is 16.5. The third-order valence-corrected chi connectivity index (χ3v) is 5.53. The molecule has 10 nitrogen and oxygen atoms in total. The molecule has 0 saturated carbocycles. The fourth-order valence-corrected chi connectivity index (χ4v) is 3.51. The van der Waals surface area contributed by atoms with Crippen molar-refractivity contribution in [1.82, 2.24) is 4.98 Å². The molecule has 11 heteroatoms. The summed E-state index contributed by atoms with van der Waals surface area (Å²) in [5.74, 6) is -0.572. The molecule has 34 heavy (non-hydrogen) atoms. The molecule has 4 N–H and O–H groups in total. The second kappa shape index (κ2) is 16.3. The lowest BCUT2D eigenvalue weighted by molar-refractivity contribution is -0.117. The van der Waals surface area contributed by atoms with E-state index < -0.39 is 0 Å². The molecule has 0 unspecified atom stereocenters. The van der Waals surface area contributed by atoms with E-state index in [1.807, 2.05) is 13.8 Å². The van der Waals surface area contributed by atoms with Gasteiger partial charge >= 0.3 is 0 Å². The number of nitrogens with two attached hydrogens (primary N) is 1. The number of nitrogens with zero attached hydrogens (tertiary/aromatic N) is 1. The molecule has 0 aliphatic heterocycles. The number of thiazole rings is 1. The first kappa shape index (κ1) is 27.8. The highest BCUT2D eigenvalue weighted by atomic mass is 32.1. The minimum Gasteiger partial charge on any atom is -0.379 e. The van der Waals surface area contributed by atoms with Crippen LogP contribution in [0.4, 0.5) is 10.8 Å². The van der Waals surface area contributed by atoms with Crippen LogP contribution in [-0.2, 0) is 23.7 Å². The number of anilines is 2. The Morgan fingerprint density at radius 2 is 1.47 bits per heavy atom. The van der Waals surface area contributed by atoms with Crippen molar-refractivity contribution in [2.24, 2.45) is 5.73 Å². The Kier molecular flexibility index (Phi) is 13.3. The molecule has 1 aromatic carbocycles. The van der Waals surface area contributed by atoms with E-state index in [9.17, 15) is 9.59 Å². The van der Waals surface area contributed by atoms with Gasteiger partial charge in [0, 0.05) is 11.4 Å². The summed E-state index contributed by atoms with van der Waals surface area (Å²) in [5, 5.41) is 6.09. The zero-order chi connectivity index (χ0) is 24.6. The molecule has 1 aromatic heterocycles. The number of ether oxygens (including phenoxy) is 4. The van der Waals surface area contributed by atoms with Gasteiger partial charge in [0.1, 0.15) is 0 Å². The van der Waals surface area contributed by atoms with Gasteiger partial charge in [-0.25, -0.2) is 4.98 Å². The van der Waals surface area contributed by atoms with Crippen LogP contribution in [0.1, 0.15) is 27.3 Å². The highest BCUT2D eigenvalue weighted by Crippen LogP contribution is 2.23. The Morgan fingerprint density at radius 1 is 0.882 bits per heavy atom. The van der Waals surface area contributed by atoms with E-state index in [0.717, 1.165) is 10.6 Å². The zero-order valence-electron chi connectivity index (χ0n) is 19.8. The molecular weight excluding hydrogens is 460 g/mol. The van der Waals surface area contributed by atoms with Gasteiger partial charge in [0.05, 0.1) is 76.2 Å². The maximum Gasteiger partial charge on any atom is 0.259 e. The summed E-state index contributed by atoms with van der Waals surface area (Å²) in [7, 11) is 0. The van der Waals surface area contributed by atoms with E-state index in [2.05, 4.69) is 15.6 Å². The second-order valence-corrected chi connectivity index (χ2v) is 8.40. The lowest BCUT2D eigenvalue weighted by Gasteiger charge is -2.11. The van der Waals surface area contributed by atoms with Crippen molar-refractivity contribution in [2.45, 2.75) is 20.3 Å². The Labute approximate surface area is 204 Å². The highest BCUT2D eigenvalue weighted by Gasteiger charge is 2.15. The van der Waals surface area contributed by atoms with Crippen molar-refractivity contribution < 1.29 is 28.5 Å². The summed E-state index contributed by atoms with van der Waals surface area (Å²) in [6, 6.07) is 6.84. The quantitative estimate of drug-likeness (QED) is 0.285. The highest BCUT2D eigenvalue weighted by molar-refractivity contribution is 7.15. The number of aryl methyl sites for hydroxylation is 2. The molecule has 0 atom stereocenters. The van der Waals surface area contributed by atoms with Crippen molar-refractivity contribution >= 4 is 34.0 Å². The molecule has 0 saturated heterocycles. The average molecular weight is 495 g/mol. The molecular formula is C23H34N4O6S. The topological polar surface area (TPSA) is 134 Å². The molecule has 0 aliphatic carbocycles. The number of benzene rings is 1. The van der Waals surface area contributed by atoms with Crippen molar-refractivity contribution in [3.8, 4) is 0 Å². The third kappa shape index (κ3) is 10.7. The third-order valence-electron chi connectivity index (χ3n) is 4.55. The van der Waals surface area contributed by atoms with Crippen LogP contribution in [0.15, 0.2) is 24.3 Å². The average Bonchev–Trinajstić information content (AvgIpc) is 3.13. The fourth-order valence-electron chi connectivity index (χ4n) is 2.70. The molecule has 0 fully saturated rings. The van der Waals surface area contributed by atoms with Crippen molar-refractivity contribution in [3.05, 3.63) is 40.4 Å². The number of hydrogen-bond acceptors (Lipinski definition) is 9. The van der Waals surface area contributed by atoms with E-state index >= 15 is 0 Å². The molecule has 0 spiro atoms. The maximum atomic E-state index is 12.7. The summed E-state index contributed by atoms with van der Waals surface area (Å²) in [6.07, 6.45) is 0.159. The Balaban J connectivity index is 1.60. The largest absolute Gasteiger partial charge is 0.379 e. The molecule has 0 bridgehead atoms. The molecule has 188 valence electrons. The summed E-state index contributed by atoms with van der Waals surface area (Å²) in [4.78, 5) is 30.3. The summed E-state index contributed by atoms with van der Waals surface area (Å²) in [6.45, 7) is 7.86. The zero-order valence-corrected chi connectivity index (χ0v) is 20.6. The second-order valence-electron chi connectivity index (χ2n) is 7.20. The van der Waals surface area contributed by atoms with Crippen LogP contribution in [0, 0.1) is 13.8 Å². The van der Waals surface area contributed by atoms with Crippen molar-refractivity contribution in [1.29, 1.82) is 0 Å². The van der Waals surface area contributed by atoms with E-state index in [0.29, 0.717) is 69.2 Å². The van der Waals surface area contributed by atoms with E-state index in [4.69, 9.17) is 24.7 Å². The molecule has 0 radical (unpaired) electrons. The number of aromatic nitrogens is 1. The molecule has 1 heterocycles. The minimum absolute atomic E-state index is 0.159. The Bertz CT molecular complexity index is 873. The Morgan fingerprint density at radius 3 is 2.06 bits per heavy atom. The number of carbonyl (C=O) groups is 2. The van der Waals surface area contributed by atoms with Gasteiger partial charge < -0.3 is 30.0 Å². The van der Waals surface area contributed by atoms with E-state index in [-0.39, 0.29) is 24.8 Å². The lowest BCUT2D eigenvalue weighted by atomic mass is 10.1. The van der Waals surface area contributed by atoms with Crippen LogP contribution in [0.5, 0.6) is 0 Å². The smallest absolute Gasteiger partial charge is 0.259 e.